The van der Waals surface area contributed by atoms with Gasteiger partial charge in [-0.25, -0.2) is 0 Å². The van der Waals surface area contributed by atoms with Gasteiger partial charge in [-0.1, -0.05) is 41.4 Å². The molecule has 2 aromatic carbocycles. The quantitative estimate of drug-likeness (QED) is 0.692. The van der Waals surface area contributed by atoms with Crippen molar-refractivity contribution in [2.45, 2.75) is 6.92 Å². The maximum absolute atomic E-state index is 12.3. The first-order valence-corrected chi connectivity index (χ1v) is 6.96. The molecule has 1 atom stereocenters. The van der Waals surface area contributed by atoms with E-state index >= 15 is 0 Å². The van der Waals surface area contributed by atoms with Crippen LogP contribution in [0.4, 0.5) is 5.69 Å². The molecular weight excluding hydrogens is 300 g/mol. The van der Waals surface area contributed by atoms with Crippen LogP contribution >= 0.6 is 11.6 Å². The Labute approximate surface area is 133 Å². The third-order valence-corrected chi connectivity index (χ3v) is 3.32. The maximum atomic E-state index is 12.3. The van der Waals surface area contributed by atoms with Crippen LogP contribution in [0.25, 0.3) is 0 Å². The molecule has 1 N–H and O–H groups in total. The SMILES string of the molecule is Cc1ccc(NC(=O)[C@H](C#N)C(=O)c2cccc(Cl)c2)cc1. The van der Waals surface area contributed by atoms with Gasteiger partial charge in [0.05, 0.1) is 6.07 Å². The predicted molar refractivity (Wildman–Crippen MR) is 84.7 cm³/mol. The van der Waals surface area contributed by atoms with E-state index in [0.29, 0.717) is 10.7 Å². The van der Waals surface area contributed by atoms with Gasteiger partial charge in [-0.05, 0) is 31.2 Å². The summed E-state index contributed by atoms with van der Waals surface area (Å²) in [4.78, 5) is 24.4. The highest BCUT2D eigenvalue weighted by Crippen LogP contribution is 2.16. The summed E-state index contributed by atoms with van der Waals surface area (Å²) in [6.07, 6.45) is 0. The number of amides is 1. The second-order valence-corrected chi connectivity index (χ2v) is 5.23. The Morgan fingerprint density at radius 2 is 1.86 bits per heavy atom. The zero-order valence-corrected chi connectivity index (χ0v) is 12.6. The minimum absolute atomic E-state index is 0.234. The molecule has 2 rings (SSSR count). The first-order chi connectivity index (χ1) is 10.5. The average Bonchev–Trinajstić information content (AvgIpc) is 2.50. The highest BCUT2D eigenvalue weighted by Gasteiger charge is 2.27. The van der Waals surface area contributed by atoms with Crippen molar-refractivity contribution in [2.24, 2.45) is 5.92 Å². The third-order valence-electron chi connectivity index (χ3n) is 3.08. The lowest BCUT2D eigenvalue weighted by Crippen LogP contribution is -2.28. The molecule has 0 radical (unpaired) electrons. The van der Waals surface area contributed by atoms with Crippen LogP contribution in [0.2, 0.25) is 5.02 Å². The first kappa shape index (κ1) is 15.7. The first-order valence-electron chi connectivity index (χ1n) is 6.58. The van der Waals surface area contributed by atoms with Crippen molar-refractivity contribution < 1.29 is 9.59 Å². The average molecular weight is 313 g/mol. The number of hydrogen-bond donors (Lipinski definition) is 1. The van der Waals surface area contributed by atoms with Crippen molar-refractivity contribution in [3.8, 4) is 6.07 Å². The molecule has 0 aromatic heterocycles. The van der Waals surface area contributed by atoms with E-state index in [0.717, 1.165) is 5.56 Å². The molecule has 0 spiro atoms. The molecule has 0 fully saturated rings. The van der Waals surface area contributed by atoms with Gasteiger partial charge in [-0.3, -0.25) is 9.59 Å². The summed E-state index contributed by atoms with van der Waals surface area (Å²) in [6.45, 7) is 1.92. The lowest BCUT2D eigenvalue weighted by Gasteiger charge is -2.10. The van der Waals surface area contributed by atoms with Crippen molar-refractivity contribution in [3.05, 3.63) is 64.7 Å². The van der Waals surface area contributed by atoms with Gasteiger partial charge in [0.25, 0.3) is 0 Å². The number of halogens is 1. The fourth-order valence-corrected chi connectivity index (χ4v) is 2.09. The molecule has 5 heteroatoms. The van der Waals surface area contributed by atoms with E-state index in [9.17, 15) is 9.59 Å². The molecule has 4 nitrogen and oxygen atoms in total. The van der Waals surface area contributed by atoms with Crippen molar-refractivity contribution in [3.63, 3.8) is 0 Å². The molecule has 0 heterocycles. The number of hydrogen-bond acceptors (Lipinski definition) is 3. The molecule has 2 aromatic rings. The topological polar surface area (TPSA) is 70.0 Å². The minimum atomic E-state index is -1.42. The van der Waals surface area contributed by atoms with Gasteiger partial charge >= 0.3 is 0 Å². The van der Waals surface area contributed by atoms with Crippen LogP contribution in [0.15, 0.2) is 48.5 Å². The highest BCUT2D eigenvalue weighted by molar-refractivity contribution is 6.31. The van der Waals surface area contributed by atoms with Crippen LogP contribution in [0.5, 0.6) is 0 Å². The molecule has 0 saturated carbocycles. The molecular formula is C17H13ClN2O2. The van der Waals surface area contributed by atoms with Gasteiger partial charge in [-0.2, -0.15) is 5.26 Å². The number of anilines is 1. The Hall–Kier alpha value is -2.64. The van der Waals surface area contributed by atoms with E-state index in [4.69, 9.17) is 16.9 Å². The molecule has 0 aliphatic rings. The molecule has 0 saturated heterocycles. The molecule has 0 aliphatic carbocycles. The number of nitrogens with one attached hydrogen (secondary N) is 1. The van der Waals surface area contributed by atoms with Crippen molar-refractivity contribution in [1.82, 2.24) is 0 Å². The molecule has 22 heavy (non-hydrogen) atoms. The number of benzene rings is 2. The van der Waals surface area contributed by atoms with E-state index in [2.05, 4.69) is 5.32 Å². The molecule has 0 unspecified atom stereocenters. The smallest absolute Gasteiger partial charge is 0.249 e. The van der Waals surface area contributed by atoms with Gasteiger partial charge in [0, 0.05) is 16.3 Å². The van der Waals surface area contributed by atoms with Gasteiger partial charge in [0.1, 0.15) is 0 Å². The summed E-state index contributed by atoms with van der Waals surface area (Å²) < 4.78 is 0. The van der Waals surface area contributed by atoms with E-state index in [-0.39, 0.29) is 5.56 Å². The Morgan fingerprint density at radius 1 is 1.18 bits per heavy atom. The number of nitrogens with zero attached hydrogens (tertiary/aromatic N) is 1. The largest absolute Gasteiger partial charge is 0.325 e. The zero-order chi connectivity index (χ0) is 16.1. The molecule has 1 amide bonds. The van der Waals surface area contributed by atoms with Crippen molar-refractivity contribution >= 4 is 29.0 Å². The van der Waals surface area contributed by atoms with Gasteiger partial charge in [-0.15, -0.1) is 0 Å². The van der Waals surface area contributed by atoms with Crippen LogP contribution in [0.3, 0.4) is 0 Å². The Balaban J connectivity index is 2.17. The lowest BCUT2D eigenvalue weighted by molar-refractivity contribution is -0.117. The number of Topliss-reactive ketones (excluding diaryl/α,β-unsaturated/α-hetero) is 1. The highest BCUT2D eigenvalue weighted by atomic mass is 35.5. The van der Waals surface area contributed by atoms with Gasteiger partial charge < -0.3 is 5.32 Å². The number of rotatable bonds is 4. The number of aryl methyl sites for hydroxylation is 1. The van der Waals surface area contributed by atoms with Gasteiger partial charge in [0.2, 0.25) is 5.91 Å². The summed E-state index contributed by atoms with van der Waals surface area (Å²) in [5.41, 5.74) is 1.82. The zero-order valence-electron chi connectivity index (χ0n) is 11.8. The van der Waals surface area contributed by atoms with Crippen LogP contribution < -0.4 is 5.32 Å². The molecule has 110 valence electrons. The summed E-state index contributed by atoms with van der Waals surface area (Å²) in [5.74, 6) is -2.65. The fourth-order valence-electron chi connectivity index (χ4n) is 1.90. The number of ketones is 1. The third kappa shape index (κ3) is 3.72. The standard InChI is InChI=1S/C17H13ClN2O2/c1-11-5-7-14(8-6-11)20-17(22)15(10-19)16(21)12-3-2-4-13(18)9-12/h2-9,15H,1H3,(H,20,22)/t15-/m1/s1. The summed E-state index contributed by atoms with van der Waals surface area (Å²) in [6, 6.07) is 15.0. The predicted octanol–water partition coefficient (Wildman–Crippen LogP) is 3.61. The van der Waals surface area contributed by atoms with Crippen molar-refractivity contribution in [1.29, 1.82) is 5.26 Å². The van der Waals surface area contributed by atoms with Gasteiger partial charge in [0.15, 0.2) is 11.7 Å². The second-order valence-electron chi connectivity index (χ2n) is 4.79. The molecule has 0 aliphatic heterocycles. The minimum Gasteiger partial charge on any atom is -0.325 e. The fraction of sp³-hybridized carbons (Fsp3) is 0.118. The van der Waals surface area contributed by atoms with E-state index < -0.39 is 17.6 Å². The normalized spacial score (nSPS) is 11.3. The second kappa shape index (κ2) is 6.88. The monoisotopic (exact) mass is 312 g/mol. The van der Waals surface area contributed by atoms with Crippen LogP contribution in [-0.2, 0) is 4.79 Å². The summed E-state index contributed by atoms with van der Waals surface area (Å²) >= 11 is 5.83. The van der Waals surface area contributed by atoms with Crippen molar-refractivity contribution in [2.75, 3.05) is 5.32 Å². The van der Waals surface area contributed by atoms with Crippen LogP contribution in [-0.4, -0.2) is 11.7 Å². The number of nitriles is 1. The Bertz CT molecular complexity index is 748. The Morgan fingerprint density at radius 3 is 2.45 bits per heavy atom. The summed E-state index contributed by atoms with van der Waals surface area (Å²) in [5, 5.41) is 12.1. The Kier molecular flexibility index (Phi) is 4.92. The number of carbonyl (C=O) groups excluding carboxylic acids is 2. The number of carbonyl (C=O) groups is 2. The molecule has 0 bridgehead atoms. The lowest BCUT2D eigenvalue weighted by atomic mass is 9.98. The summed E-state index contributed by atoms with van der Waals surface area (Å²) in [7, 11) is 0. The van der Waals surface area contributed by atoms with E-state index in [1.54, 1.807) is 30.3 Å². The van der Waals surface area contributed by atoms with Crippen LogP contribution in [0.1, 0.15) is 15.9 Å². The van der Waals surface area contributed by atoms with E-state index in [1.807, 2.05) is 19.1 Å². The van der Waals surface area contributed by atoms with E-state index in [1.165, 1.54) is 12.1 Å². The van der Waals surface area contributed by atoms with Crippen LogP contribution in [0, 0.1) is 24.2 Å². The maximum Gasteiger partial charge on any atom is 0.249 e.